The van der Waals surface area contributed by atoms with E-state index < -0.39 is 5.60 Å². The number of aliphatic hydroxyl groups is 1. The number of ketones is 1. The van der Waals surface area contributed by atoms with E-state index in [0.29, 0.717) is 12.3 Å². The maximum atomic E-state index is 12.1. The van der Waals surface area contributed by atoms with Gasteiger partial charge < -0.3 is 9.84 Å². The summed E-state index contributed by atoms with van der Waals surface area (Å²) in [5, 5.41) is 9.88. The van der Waals surface area contributed by atoms with Crippen molar-refractivity contribution in [3.63, 3.8) is 0 Å². The van der Waals surface area contributed by atoms with Gasteiger partial charge in [-0.2, -0.15) is 0 Å². The third-order valence-corrected chi connectivity index (χ3v) is 7.62. The lowest BCUT2D eigenvalue weighted by Crippen LogP contribution is -2.32. The first-order valence-corrected chi connectivity index (χ1v) is 12.1. The lowest BCUT2D eigenvalue weighted by molar-refractivity contribution is -0.147. The van der Waals surface area contributed by atoms with Gasteiger partial charge in [0.25, 0.3) is 0 Å². The van der Waals surface area contributed by atoms with Crippen molar-refractivity contribution in [2.45, 2.75) is 110 Å². The van der Waals surface area contributed by atoms with E-state index in [1.807, 2.05) is 0 Å². The molecule has 0 heterocycles. The fourth-order valence-corrected chi connectivity index (χ4v) is 5.80. The van der Waals surface area contributed by atoms with E-state index >= 15 is 0 Å². The molecule has 0 aromatic carbocycles. The molecule has 2 fully saturated rings. The summed E-state index contributed by atoms with van der Waals surface area (Å²) >= 11 is 0. The normalized spacial score (nSPS) is 31.5. The molecule has 0 bridgehead atoms. The molecule has 3 aliphatic carbocycles. The van der Waals surface area contributed by atoms with Crippen LogP contribution in [-0.2, 0) is 14.3 Å². The fourth-order valence-electron chi connectivity index (χ4n) is 5.80. The van der Waals surface area contributed by atoms with Gasteiger partial charge in [-0.1, -0.05) is 41.9 Å². The van der Waals surface area contributed by atoms with Crippen molar-refractivity contribution in [3.8, 4) is 0 Å². The summed E-state index contributed by atoms with van der Waals surface area (Å²) in [6.07, 6.45) is 18.0. The van der Waals surface area contributed by atoms with Crippen LogP contribution < -0.4 is 0 Å². The molecule has 0 aromatic heterocycles. The van der Waals surface area contributed by atoms with Crippen molar-refractivity contribution >= 4 is 11.8 Å². The SMILES string of the molecule is CC(=O)OC1CCC/C(=C/C=C2\CCCC3(C)C(CCCC(=O)C(C)(C)O)=CCC23)C1. The van der Waals surface area contributed by atoms with Gasteiger partial charge in [-0.25, -0.2) is 0 Å². The smallest absolute Gasteiger partial charge is 0.302 e. The van der Waals surface area contributed by atoms with Gasteiger partial charge in [0.15, 0.2) is 5.78 Å². The summed E-state index contributed by atoms with van der Waals surface area (Å²) in [6, 6.07) is 0. The standard InChI is InChI=1S/C27H40O4/c1-19(28)31-23-11-5-8-20(18-23)13-14-21-9-7-17-27(4)22(15-16-24(21)27)10-6-12-25(29)26(2,3)30/h13-15,23-24,30H,5-12,16-18H2,1-4H3/b20-13-,21-14+. The summed E-state index contributed by atoms with van der Waals surface area (Å²) in [6.45, 7) is 7.06. The average Bonchev–Trinajstić information content (AvgIpc) is 3.02. The van der Waals surface area contributed by atoms with Crippen LogP contribution in [0.25, 0.3) is 0 Å². The first-order valence-electron chi connectivity index (χ1n) is 12.1. The third kappa shape index (κ3) is 5.97. The van der Waals surface area contributed by atoms with E-state index in [-0.39, 0.29) is 23.3 Å². The van der Waals surface area contributed by atoms with Crippen molar-refractivity contribution < 1.29 is 19.4 Å². The molecule has 3 aliphatic rings. The Morgan fingerprint density at radius 1 is 1.26 bits per heavy atom. The van der Waals surface area contributed by atoms with Crippen LogP contribution in [0.15, 0.2) is 34.9 Å². The van der Waals surface area contributed by atoms with Crippen LogP contribution in [0.4, 0.5) is 0 Å². The summed E-state index contributed by atoms with van der Waals surface area (Å²) in [4.78, 5) is 23.3. The molecule has 2 saturated carbocycles. The van der Waals surface area contributed by atoms with E-state index in [2.05, 4.69) is 25.2 Å². The Morgan fingerprint density at radius 3 is 2.74 bits per heavy atom. The van der Waals surface area contributed by atoms with Gasteiger partial charge in [0.1, 0.15) is 11.7 Å². The second kappa shape index (κ2) is 9.85. The second-order valence-electron chi connectivity index (χ2n) is 10.5. The van der Waals surface area contributed by atoms with Crippen LogP contribution in [0.3, 0.4) is 0 Å². The number of hydrogen-bond acceptors (Lipinski definition) is 4. The highest BCUT2D eigenvalue weighted by atomic mass is 16.5. The van der Waals surface area contributed by atoms with Gasteiger partial charge in [-0.15, -0.1) is 0 Å². The van der Waals surface area contributed by atoms with E-state index in [9.17, 15) is 14.7 Å². The minimum atomic E-state index is -1.22. The number of Topliss-reactive ketones (excluding diaryl/α,β-unsaturated/α-hetero) is 1. The van der Waals surface area contributed by atoms with E-state index in [1.165, 1.54) is 30.9 Å². The zero-order valence-corrected chi connectivity index (χ0v) is 19.8. The molecule has 0 aromatic rings. The van der Waals surface area contributed by atoms with E-state index in [1.54, 1.807) is 19.4 Å². The Labute approximate surface area is 187 Å². The topological polar surface area (TPSA) is 63.6 Å². The molecular formula is C27H40O4. The molecule has 0 saturated heterocycles. The fraction of sp³-hybridized carbons (Fsp3) is 0.704. The van der Waals surface area contributed by atoms with Crippen LogP contribution >= 0.6 is 0 Å². The molecule has 0 radical (unpaired) electrons. The average molecular weight is 429 g/mol. The van der Waals surface area contributed by atoms with Crippen molar-refractivity contribution in [3.05, 3.63) is 34.9 Å². The van der Waals surface area contributed by atoms with Crippen molar-refractivity contribution in [1.29, 1.82) is 0 Å². The highest BCUT2D eigenvalue weighted by Gasteiger charge is 2.44. The number of rotatable bonds is 7. The minimum Gasteiger partial charge on any atom is -0.462 e. The molecule has 0 aliphatic heterocycles. The molecule has 4 nitrogen and oxygen atoms in total. The predicted octanol–water partition coefficient (Wildman–Crippen LogP) is 5.99. The molecule has 3 rings (SSSR count). The maximum Gasteiger partial charge on any atom is 0.302 e. The Morgan fingerprint density at radius 2 is 2.03 bits per heavy atom. The van der Waals surface area contributed by atoms with Crippen LogP contribution in [0.5, 0.6) is 0 Å². The largest absolute Gasteiger partial charge is 0.462 e. The van der Waals surface area contributed by atoms with E-state index in [4.69, 9.17) is 4.74 Å². The van der Waals surface area contributed by atoms with Crippen LogP contribution in [0, 0.1) is 11.3 Å². The Bertz CT molecular complexity index is 780. The molecule has 0 amide bonds. The van der Waals surface area contributed by atoms with Crippen LogP contribution in [0.1, 0.15) is 98.3 Å². The summed E-state index contributed by atoms with van der Waals surface area (Å²) in [5.74, 6) is 0.315. The number of fused-ring (bicyclic) bond motifs is 1. The number of hydrogen-bond donors (Lipinski definition) is 1. The number of esters is 1. The first-order chi connectivity index (χ1) is 14.6. The quantitative estimate of drug-likeness (QED) is 0.399. The first kappa shape index (κ1) is 24.0. The monoisotopic (exact) mass is 428 g/mol. The van der Waals surface area contributed by atoms with E-state index in [0.717, 1.165) is 51.4 Å². The lowest BCUT2D eigenvalue weighted by atomic mass is 9.63. The number of carbonyl (C=O) groups is 2. The van der Waals surface area contributed by atoms with Crippen LogP contribution in [-0.4, -0.2) is 28.6 Å². The molecular weight excluding hydrogens is 388 g/mol. The van der Waals surface area contributed by atoms with Gasteiger partial charge in [0.05, 0.1) is 0 Å². The molecule has 172 valence electrons. The zero-order chi connectivity index (χ0) is 22.6. The summed E-state index contributed by atoms with van der Waals surface area (Å²) in [5.41, 5.74) is 3.43. The predicted molar refractivity (Wildman–Crippen MR) is 123 cm³/mol. The van der Waals surface area contributed by atoms with Gasteiger partial charge >= 0.3 is 5.97 Å². The van der Waals surface area contributed by atoms with Crippen molar-refractivity contribution in [1.82, 2.24) is 0 Å². The van der Waals surface area contributed by atoms with Gasteiger partial charge in [0.2, 0.25) is 0 Å². The van der Waals surface area contributed by atoms with Gasteiger partial charge in [-0.3, -0.25) is 9.59 Å². The summed E-state index contributed by atoms with van der Waals surface area (Å²) < 4.78 is 5.44. The molecule has 3 unspecified atom stereocenters. The van der Waals surface area contributed by atoms with Gasteiger partial charge in [-0.05, 0) is 83.0 Å². The molecule has 4 heteroatoms. The molecule has 31 heavy (non-hydrogen) atoms. The second-order valence-corrected chi connectivity index (χ2v) is 10.5. The number of carbonyl (C=O) groups excluding carboxylic acids is 2. The Balaban J connectivity index is 1.62. The van der Waals surface area contributed by atoms with Gasteiger partial charge in [0, 0.05) is 19.8 Å². The number of ether oxygens (including phenoxy) is 1. The third-order valence-electron chi connectivity index (χ3n) is 7.62. The summed E-state index contributed by atoms with van der Waals surface area (Å²) in [7, 11) is 0. The van der Waals surface area contributed by atoms with Crippen molar-refractivity contribution in [2.24, 2.45) is 11.3 Å². The zero-order valence-electron chi connectivity index (χ0n) is 19.8. The number of allylic oxidation sites excluding steroid dienone is 5. The Hall–Kier alpha value is -1.68. The lowest BCUT2D eigenvalue weighted by Gasteiger charge is -2.41. The minimum absolute atomic E-state index is 0.0406. The Kier molecular flexibility index (Phi) is 7.62. The molecule has 0 spiro atoms. The van der Waals surface area contributed by atoms with Crippen molar-refractivity contribution in [2.75, 3.05) is 0 Å². The van der Waals surface area contributed by atoms with Crippen LogP contribution in [0.2, 0.25) is 0 Å². The molecule has 1 N–H and O–H groups in total. The highest BCUT2D eigenvalue weighted by Crippen LogP contribution is 2.55. The highest BCUT2D eigenvalue weighted by molar-refractivity contribution is 5.86. The maximum absolute atomic E-state index is 12.1. The molecule has 3 atom stereocenters.